The van der Waals surface area contributed by atoms with Crippen LogP contribution in [0.3, 0.4) is 0 Å². The summed E-state index contributed by atoms with van der Waals surface area (Å²) in [6.07, 6.45) is 13.5. The number of carboxylic acids is 1. The van der Waals surface area contributed by atoms with E-state index in [1.165, 1.54) is 56.3 Å². The fourth-order valence-electron chi connectivity index (χ4n) is 6.21. The van der Waals surface area contributed by atoms with Gasteiger partial charge in [0, 0.05) is 30.8 Å². The van der Waals surface area contributed by atoms with E-state index in [-0.39, 0.29) is 11.3 Å². The standard InChI is InChI=1S/C22H26N2.C7H6O3/c1-2-5-16(6-3-1)10-12-24-18-13-17-15-23-11-4-7-20-19(17)8-9-22(24)21(20)14-18;8-6-4-2-1-3-5(6)7(9)10/h1-7,15,17-19,22H,8-14H2;1-4,8H,(H,9,10). The molecule has 0 spiro atoms. The minimum absolute atomic E-state index is 0.0671. The third-order valence-corrected chi connectivity index (χ3v) is 7.75. The maximum Gasteiger partial charge on any atom is 0.339 e. The molecule has 34 heavy (non-hydrogen) atoms. The van der Waals surface area contributed by atoms with Crippen LogP contribution in [0.25, 0.3) is 0 Å². The molecule has 0 radical (unpaired) electrons. The number of hydrogen-bond acceptors (Lipinski definition) is 4. The first-order chi connectivity index (χ1) is 16.6. The minimum atomic E-state index is -1.11. The van der Waals surface area contributed by atoms with Crippen molar-refractivity contribution in [2.45, 2.75) is 44.2 Å². The SMILES string of the molecule is C1=CC2=C3CC4CC(C=NC1)C2CCC3N4CCc1ccccc1.O=C(O)c1ccccc1O. The number of hydrogen-bond donors (Lipinski definition) is 2. The van der Waals surface area contributed by atoms with Crippen molar-refractivity contribution in [1.29, 1.82) is 0 Å². The van der Waals surface area contributed by atoms with Crippen LogP contribution in [0.1, 0.15) is 41.6 Å². The third-order valence-electron chi connectivity index (χ3n) is 7.75. The molecule has 0 aromatic heterocycles. The van der Waals surface area contributed by atoms with E-state index in [4.69, 9.17) is 10.2 Å². The van der Waals surface area contributed by atoms with Crippen molar-refractivity contribution in [2.24, 2.45) is 16.8 Å². The zero-order valence-electron chi connectivity index (χ0n) is 19.4. The molecule has 1 saturated heterocycles. The lowest BCUT2D eigenvalue weighted by Crippen LogP contribution is -2.44. The van der Waals surface area contributed by atoms with Crippen molar-refractivity contribution in [3.63, 3.8) is 0 Å². The molecule has 1 fully saturated rings. The molecule has 2 aliphatic heterocycles. The van der Waals surface area contributed by atoms with Gasteiger partial charge < -0.3 is 10.2 Å². The molecule has 2 aliphatic carbocycles. The number of carbonyl (C=O) groups is 1. The van der Waals surface area contributed by atoms with Crippen LogP contribution in [0, 0.1) is 11.8 Å². The Balaban J connectivity index is 0.000000204. The normalized spacial score (nSPS) is 26.9. The molecule has 5 bridgehead atoms. The van der Waals surface area contributed by atoms with E-state index in [0.29, 0.717) is 12.0 Å². The Labute approximate surface area is 201 Å². The zero-order chi connectivity index (χ0) is 23.5. The lowest BCUT2D eigenvalue weighted by atomic mass is 9.73. The van der Waals surface area contributed by atoms with Gasteiger partial charge in [0.1, 0.15) is 11.3 Å². The van der Waals surface area contributed by atoms with Crippen molar-refractivity contribution in [3.05, 3.63) is 89.0 Å². The van der Waals surface area contributed by atoms with E-state index >= 15 is 0 Å². The van der Waals surface area contributed by atoms with Crippen LogP contribution in [0.15, 0.2) is 82.9 Å². The van der Waals surface area contributed by atoms with Crippen molar-refractivity contribution in [1.82, 2.24) is 4.90 Å². The molecule has 5 heteroatoms. The molecule has 6 rings (SSSR count). The summed E-state index contributed by atoms with van der Waals surface area (Å²) in [7, 11) is 0. The molecule has 0 amide bonds. The van der Waals surface area contributed by atoms with E-state index in [1.807, 2.05) is 0 Å². The monoisotopic (exact) mass is 456 g/mol. The van der Waals surface area contributed by atoms with Crippen LogP contribution in [0.2, 0.25) is 0 Å². The maximum atomic E-state index is 10.3. The Morgan fingerprint density at radius 2 is 1.85 bits per heavy atom. The van der Waals surface area contributed by atoms with Gasteiger partial charge in [-0.15, -0.1) is 0 Å². The summed E-state index contributed by atoms with van der Waals surface area (Å²) < 4.78 is 0. The average molecular weight is 457 g/mol. The number of fused-ring (bicyclic) bond motifs is 1. The number of benzene rings is 2. The number of aliphatic imine (C=N–C) groups is 1. The Morgan fingerprint density at radius 1 is 1.06 bits per heavy atom. The molecule has 5 nitrogen and oxygen atoms in total. The fraction of sp³-hybridized carbons (Fsp3) is 0.379. The van der Waals surface area contributed by atoms with Crippen LogP contribution in [-0.2, 0) is 6.42 Å². The van der Waals surface area contributed by atoms with Crippen LogP contribution < -0.4 is 0 Å². The number of para-hydroxylation sites is 1. The molecule has 2 N–H and O–H groups in total. The van der Waals surface area contributed by atoms with Crippen molar-refractivity contribution < 1.29 is 15.0 Å². The molecule has 4 unspecified atom stereocenters. The molecule has 4 aliphatic rings. The number of rotatable bonds is 4. The fourth-order valence-corrected chi connectivity index (χ4v) is 6.21. The second-order valence-corrected chi connectivity index (χ2v) is 9.65. The molecular weight excluding hydrogens is 424 g/mol. The van der Waals surface area contributed by atoms with Crippen LogP contribution in [0.5, 0.6) is 5.75 Å². The van der Waals surface area contributed by atoms with Crippen molar-refractivity contribution >= 4 is 12.2 Å². The van der Waals surface area contributed by atoms with Crippen molar-refractivity contribution in [3.8, 4) is 5.75 Å². The maximum absolute atomic E-state index is 10.3. The molecule has 0 saturated carbocycles. The van der Waals surface area contributed by atoms with Crippen LogP contribution in [-0.4, -0.2) is 52.5 Å². The topological polar surface area (TPSA) is 73.1 Å². The van der Waals surface area contributed by atoms with Gasteiger partial charge in [-0.3, -0.25) is 9.89 Å². The lowest BCUT2D eigenvalue weighted by Gasteiger charge is -2.41. The summed E-state index contributed by atoms with van der Waals surface area (Å²) in [6, 6.07) is 18.2. The first-order valence-corrected chi connectivity index (χ1v) is 12.3. The Morgan fingerprint density at radius 3 is 2.62 bits per heavy atom. The van der Waals surface area contributed by atoms with Gasteiger partial charge in [0.15, 0.2) is 0 Å². The Kier molecular flexibility index (Phi) is 6.63. The quantitative estimate of drug-likeness (QED) is 0.669. The first-order valence-electron chi connectivity index (χ1n) is 12.3. The van der Waals surface area contributed by atoms with E-state index in [2.05, 4.69) is 58.6 Å². The van der Waals surface area contributed by atoms with E-state index in [9.17, 15) is 4.79 Å². The molecule has 2 aromatic rings. The third kappa shape index (κ3) is 4.58. The summed E-state index contributed by atoms with van der Waals surface area (Å²) >= 11 is 0. The number of phenols is 1. The number of allylic oxidation sites excluding steroid dienone is 2. The molecular formula is C29H32N2O3. The first kappa shape index (κ1) is 22.6. The van der Waals surface area contributed by atoms with Gasteiger partial charge in [-0.1, -0.05) is 54.6 Å². The van der Waals surface area contributed by atoms with Gasteiger partial charge in [-0.2, -0.15) is 0 Å². The predicted octanol–water partition coefficient (Wildman–Crippen LogP) is 5.13. The van der Waals surface area contributed by atoms with Crippen molar-refractivity contribution in [2.75, 3.05) is 13.1 Å². The number of aromatic carboxylic acids is 1. The van der Waals surface area contributed by atoms with Crippen LogP contribution >= 0.6 is 0 Å². The van der Waals surface area contributed by atoms with E-state index in [1.54, 1.807) is 23.3 Å². The van der Waals surface area contributed by atoms with Gasteiger partial charge in [-0.05, 0) is 66.9 Å². The van der Waals surface area contributed by atoms with Gasteiger partial charge in [0.25, 0.3) is 0 Å². The zero-order valence-corrected chi connectivity index (χ0v) is 19.4. The summed E-state index contributed by atoms with van der Waals surface area (Å²) in [5.41, 5.74) is 4.87. The molecule has 4 atom stereocenters. The smallest absolute Gasteiger partial charge is 0.339 e. The highest BCUT2D eigenvalue weighted by molar-refractivity contribution is 5.90. The second kappa shape index (κ2) is 9.98. The summed E-state index contributed by atoms with van der Waals surface area (Å²) in [4.78, 5) is 17.8. The molecule has 176 valence electrons. The predicted molar refractivity (Wildman–Crippen MR) is 134 cm³/mol. The van der Waals surface area contributed by atoms with Gasteiger partial charge in [0.2, 0.25) is 0 Å². The van der Waals surface area contributed by atoms with Crippen LogP contribution in [0.4, 0.5) is 0 Å². The summed E-state index contributed by atoms with van der Waals surface area (Å²) in [6.45, 7) is 2.07. The highest BCUT2D eigenvalue weighted by Gasteiger charge is 2.47. The highest BCUT2D eigenvalue weighted by Crippen LogP contribution is 2.50. The largest absolute Gasteiger partial charge is 0.507 e. The van der Waals surface area contributed by atoms with E-state index in [0.717, 1.165) is 18.5 Å². The Bertz CT molecular complexity index is 1120. The summed E-state index contributed by atoms with van der Waals surface area (Å²) in [5, 5.41) is 17.3. The van der Waals surface area contributed by atoms with E-state index < -0.39 is 5.97 Å². The number of nitrogens with zero attached hydrogens (tertiary/aromatic N) is 2. The van der Waals surface area contributed by atoms with Gasteiger partial charge in [-0.25, -0.2) is 4.79 Å². The Hall–Kier alpha value is -3.18. The number of likely N-dealkylation sites (tertiary alicyclic amines) is 1. The second-order valence-electron chi connectivity index (χ2n) is 9.65. The van der Waals surface area contributed by atoms with Gasteiger partial charge >= 0.3 is 5.97 Å². The summed E-state index contributed by atoms with van der Waals surface area (Å²) in [5.74, 6) is 0.0962. The average Bonchev–Trinajstić information content (AvgIpc) is 3.11. The molecule has 2 heterocycles. The lowest BCUT2D eigenvalue weighted by molar-refractivity contribution is 0.0693. The highest BCUT2D eigenvalue weighted by atomic mass is 16.4. The number of aromatic hydroxyl groups is 1. The molecule has 2 aromatic carbocycles. The number of carboxylic acid groups (broad SMARTS) is 1. The minimum Gasteiger partial charge on any atom is -0.507 e. The van der Waals surface area contributed by atoms with Gasteiger partial charge in [0.05, 0.1) is 6.54 Å².